The predicted octanol–water partition coefficient (Wildman–Crippen LogP) is 8.32. The minimum atomic E-state index is 0.687. The molecule has 0 saturated heterocycles. The molecule has 4 aromatic carbocycles. The molecule has 0 saturated carbocycles. The van der Waals surface area contributed by atoms with Crippen molar-refractivity contribution in [2.75, 3.05) is 11.4 Å². The summed E-state index contributed by atoms with van der Waals surface area (Å²) in [5.41, 5.74) is 10.3. The van der Waals surface area contributed by atoms with E-state index >= 15 is 0 Å². The van der Waals surface area contributed by atoms with Gasteiger partial charge in [-0.15, -0.1) is 0 Å². The van der Waals surface area contributed by atoms with Crippen molar-refractivity contribution in [1.29, 1.82) is 0 Å². The zero-order chi connectivity index (χ0) is 25.3. The number of aryl methyl sites for hydroxylation is 2. The van der Waals surface area contributed by atoms with E-state index in [9.17, 15) is 0 Å². The van der Waals surface area contributed by atoms with E-state index in [0.717, 1.165) is 19.5 Å². The lowest BCUT2D eigenvalue weighted by Crippen LogP contribution is -2.28. The summed E-state index contributed by atoms with van der Waals surface area (Å²) >= 11 is 0. The number of anilines is 1. The fraction of sp³-hybridized carbons (Fsp3) is 0.171. The minimum absolute atomic E-state index is 0.687. The average molecular weight is 483 g/mol. The zero-order valence-electron chi connectivity index (χ0n) is 21.6. The average Bonchev–Trinajstić information content (AvgIpc) is 2.94. The first-order valence-electron chi connectivity index (χ1n) is 13.2. The number of benzene rings is 4. The molecule has 1 aliphatic rings. The Kier molecular flexibility index (Phi) is 8.07. The Morgan fingerprint density at radius 1 is 0.838 bits per heavy atom. The molecule has 1 heterocycles. The van der Waals surface area contributed by atoms with Gasteiger partial charge < -0.3 is 4.90 Å². The molecular weight excluding hydrogens is 448 g/mol. The first kappa shape index (κ1) is 24.5. The van der Waals surface area contributed by atoms with E-state index in [0.29, 0.717) is 6.54 Å². The van der Waals surface area contributed by atoms with Gasteiger partial charge in [0.25, 0.3) is 0 Å². The summed E-state index contributed by atoms with van der Waals surface area (Å²) in [5.74, 6) is 0. The van der Waals surface area contributed by atoms with Crippen LogP contribution in [0.5, 0.6) is 0 Å². The maximum absolute atomic E-state index is 4.65. The molecule has 0 N–H and O–H groups in total. The van der Waals surface area contributed by atoms with Crippen LogP contribution < -0.4 is 4.90 Å². The molecule has 1 aliphatic heterocycles. The Morgan fingerprint density at radius 3 is 2.35 bits per heavy atom. The summed E-state index contributed by atoms with van der Waals surface area (Å²) in [6.07, 6.45) is 10.9. The van der Waals surface area contributed by atoms with E-state index in [1.807, 2.05) is 12.3 Å². The lowest BCUT2D eigenvalue weighted by atomic mass is 9.96. The van der Waals surface area contributed by atoms with Crippen molar-refractivity contribution in [2.24, 2.45) is 4.99 Å². The fourth-order valence-electron chi connectivity index (χ4n) is 4.96. The van der Waals surface area contributed by atoms with Gasteiger partial charge in [-0.05, 0) is 76.9 Å². The topological polar surface area (TPSA) is 15.6 Å². The van der Waals surface area contributed by atoms with Crippen molar-refractivity contribution < 1.29 is 0 Å². The van der Waals surface area contributed by atoms with Crippen LogP contribution in [-0.2, 0) is 19.5 Å². The third-order valence-corrected chi connectivity index (χ3v) is 6.92. The summed E-state index contributed by atoms with van der Waals surface area (Å²) in [7, 11) is 0. The molecular formula is C35H34N2. The van der Waals surface area contributed by atoms with Gasteiger partial charge in [-0.1, -0.05) is 103 Å². The van der Waals surface area contributed by atoms with E-state index in [4.69, 9.17) is 0 Å². The largest absolute Gasteiger partial charge is 0.367 e. The predicted molar refractivity (Wildman–Crippen MR) is 159 cm³/mol. The van der Waals surface area contributed by atoms with E-state index in [-0.39, 0.29) is 0 Å². The number of nitrogens with zero attached hydrogens (tertiary/aromatic N) is 2. The van der Waals surface area contributed by atoms with Gasteiger partial charge in [-0.25, -0.2) is 0 Å². The molecule has 0 atom stereocenters. The summed E-state index contributed by atoms with van der Waals surface area (Å²) < 4.78 is 0. The number of hydrogen-bond acceptors (Lipinski definition) is 2. The molecule has 0 unspecified atom stereocenters. The molecule has 0 spiro atoms. The fourth-order valence-corrected chi connectivity index (χ4v) is 4.96. The van der Waals surface area contributed by atoms with Gasteiger partial charge in [-0.3, -0.25) is 4.99 Å². The van der Waals surface area contributed by atoms with Crippen molar-refractivity contribution in [3.8, 4) is 0 Å². The van der Waals surface area contributed by atoms with E-state index in [2.05, 4.69) is 132 Å². The highest BCUT2D eigenvalue weighted by atomic mass is 15.1. The second kappa shape index (κ2) is 12.2. The van der Waals surface area contributed by atoms with Gasteiger partial charge in [0.05, 0.1) is 6.54 Å². The lowest BCUT2D eigenvalue weighted by Gasteiger charge is -2.31. The molecule has 0 bridgehead atoms. The van der Waals surface area contributed by atoms with Crippen molar-refractivity contribution in [1.82, 2.24) is 0 Å². The molecule has 2 heteroatoms. The van der Waals surface area contributed by atoms with Crippen molar-refractivity contribution in [3.63, 3.8) is 0 Å². The summed E-state index contributed by atoms with van der Waals surface area (Å²) in [5, 5.41) is 0. The van der Waals surface area contributed by atoms with E-state index in [1.54, 1.807) is 0 Å². The number of rotatable bonds is 8. The maximum atomic E-state index is 4.65. The highest BCUT2D eigenvalue weighted by molar-refractivity contribution is 5.91. The Bertz CT molecular complexity index is 1400. The second-order valence-corrected chi connectivity index (χ2v) is 9.64. The monoisotopic (exact) mass is 482 g/mol. The minimum Gasteiger partial charge on any atom is -0.367 e. The summed E-state index contributed by atoms with van der Waals surface area (Å²) in [4.78, 5) is 7.17. The molecule has 0 radical (unpaired) electrons. The molecule has 0 fully saturated rings. The van der Waals surface area contributed by atoms with Crippen LogP contribution in [0.2, 0.25) is 0 Å². The van der Waals surface area contributed by atoms with Crippen LogP contribution >= 0.6 is 0 Å². The standard InChI is InChI=1S/C35H34N2/c1-28-11-8-9-17-34(28)32(22-23-36-26-30-12-4-2-5-13-30)20-18-29-19-21-35-33(25-29)16-10-24-37(35)27-31-14-6-3-7-15-31/h2-9,11-15,17-23,25H,10,16,24,26-27H2,1H3/b20-18?,32-22-,36-23+. The number of allylic oxidation sites excluding steroid dienone is 3. The molecule has 4 aromatic rings. The molecule has 184 valence electrons. The van der Waals surface area contributed by atoms with Crippen molar-refractivity contribution in [2.45, 2.75) is 32.9 Å². The molecule has 0 aliphatic carbocycles. The van der Waals surface area contributed by atoms with Gasteiger partial charge in [0, 0.05) is 25.0 Å². The van der Waals surface area contributed by atoms with Crippen LogP contribution in [0.3, 0.4) is 0 Å². The van der Waals surface area contributed by atoms with E-state index in [1.165, 1.54) is 51.1 Å². The SMILES string of the molecule is Cc1ccccc1/C(C=Cc1ccc2c(c1)CCCN2Cc1ccccc1)=C\C=N\Cc1ccccc1. The van der Waals surface area contributed by atoms with Gasteiger partial charge in [0.1, 0.15) is 0 Å². The van der Waals surface area contributed by atoms with Crippen LogP contribution in [0.15, 0.2) is 120 Å². The second-order valence-electron chi connectivity index (χ2n) is 9.64. The number of aliphatic imine (C=N–C) groups is 1. The van der Waals surface area contributed by atoms with Gasteiger partial charge in [0.15, 0.2) is 0 Å². The molecule has 2 nitrogen and oxygen atoms in total. The normalized spacial score (nSPS) is 13.9. The Balaban J connectivity index is 1.36. The highest BCUT2D eigenvalue weighted by Gasteiger charge is 2.17. The molecule has 0 amide bonds. The van der Waals surface area contributed by atoms with Crippen LogP contribution in [0.4, 0.5) is 5.69 Å². The van der Waals surface area contributed by atoms with Gasteiger partial charge in [0.2, 0.25) is 0 Å². The van der Waals surface area contributed by atoms with Crippen molar-refractivity contribution >= 4 is 23.6 Å². The highest BCUT2D eigenvalue weighted by Crippen LogP contribution is 2.30. The Hall–Kier alpha value is -4.17. The first-order valence-corrected chi connectivity index (χ1v) is 13.2. The quantitative estimate of drug-likeness (QED) is 0.182. The van der Waals surface area contributed by atoms with Crippen LogP contribution in [0, 0.1) is 6.92 Å². The smallest absolute Gasteiger partial charge is 0.0639 e. The molecule has 37 heavy (non-hydrogen) atoms. The number of hydrogen-bond donors (Lipinski definition) is 0. The van der Waals surface area contributed by atoms with E-state index < -0.39 is 0 Å². The third-order valence-electron chi connectivity index (χ3n) is 6.92. The van der Waals surface area contributed by atoms with Gasteiger partial charge in [-0.2, -0.15) is 0 Å². The van der Waals surface area contributed by atoms with Crippen LogP contribution in [-0.4, -0.2) is 12.8 Å². The lowest BCUT2D eigenvalue weighted by molar-refractivity contribution is 0.691. The Labute approximate surface area is 221 Å². The third kappa shape index (κ3) is 6.54. The summed E-state index contributed by atoms with van der Waals surface area (Å²) in [6.45, 7) is 4.93. The summed E-state index contributed by atoms with van der Waals surface area (Å²) in [6, 6.07) is 36.6. The van der Waals surface area contributed by atoms with Crippen LogP contribution in [0.1, 0.15) is 39.8 Å². The zero-order valence-corrected chi connectivity index (χ0v) is 21.6. The Morgan fingerprint density at radius 2 is 1.57 bits per heavy atom. The first-order chi connectivity index (χ1) is 18.3. The molecule has 0 aromatic heterocycles. The van der Waals surface area contributed by atoms with Crippen LogP contribution in [0.25, 0.3) is 11.6 Å². The number of fused-ring (bicyclic) bond motifs is 1. The van der Waals surface area contributed by atoms with Gasteiger partial charge >= 0.3 is 0 Å². The maximum Gasteiger partial charge on any atom is 0.0639 e. The molecule has 5 rings (SSSR count). The van der Waals surface area contributed by atoms with Crippen molar-refractivity contribution in [3.05, 3.63) is 149 Å².